The van der Waals surface area contributed by atoms with E-state index in [1.807, 2.05) is 6.20 Å². The first-order chi connectivity index (χ1) is 12.2. The number of anilines is 1. The number of piperidine rings is 1. The van der Waals surface area contributed by atoms with E-state index < -0.39 is 0 Å². The Morgan fingerprint density at radius 3 is 2.68 bits per heavy atom. The molecule has 25 heavy (non-hydrogen) atoms. The van der Waals surface area contributed by atoms with Gasteiger partial charge in [0.05, 0.1) is 5.52 Å². The Kier molecular flexibility index (Phi) is 4.91. The number of aryl methyl sites for hydroxylation is 1. The number of nitrogens with zero attached hydrogens (tertiary/aromatic N) is 4. The Morgan fingerprint density at radius 1 is 1.04 bits per heavy atom. The zero-order valence-electron chi connectivity index (χ0n) is 15.6. The van der Waals surface area contributed by atoms with Crippen molar-refractivity contribution >= 4 is 16.6 Å². The van der Waals surface area contributed by atoms with Gasteiger partial charge in [0.25, 0.3) is 0 Å². The molecule has 1 aromatic carbocycles. The molecule has 4 heteroatoms. The van der Waals surface area contributed by atoms with Gasteiger partial charge in [-0.05, 0) is 45.0 Å². The molecule has 2 aliphatic rings. The van der Waals surface area contributed by atoms with Crippen LogP contribution in [0.3, 0.4) is 0 Å². The maximum atomic E-state index is 4.59. The van der Waals surface area contributed by atoms with Crippen molar-refractivity contribution in [2.45, 2.75) is 32.2 Å². The van der Waals surface area contributed by atoms with Crippen molar-refractivity contribution < 1.29 is 0 Å². The molecule has 0 bridgehead atoms. The highest BCUT2D eigenvalue weighted by molar-refractivity contribution is 5.93. The Balaban J connectivity index is 1.43. The summed E-state index contributed by atoms with van der Waals surface area (Å²) in [5.41, 5.74) is 3.76. The zero-order chi connectivity index (χ0) is 17.2. The van der Waals surface area contributed by atoms with Crippen LogP contribution in [0.5, 0.6) is 0 Å². The second kappa shape index (κ2) is 7.30. The van der Waals surface area contributed by atoms with E-state index in [0.29, 0.717) is 0 Å². The average molecular weight is 338 g/mol. The molecule has 3 heterocycles. The van der Waals surface area contributed by atoms with E-state index in [1.165, 1.54) is 62.1 Å². The van der Waals surface area contributed by atoms with E-state index in [0.717, 1.165) is 24.6 Å². The van der Waals surface area contributed by atoms with Gasteiger partial charge in [0.1, 0.15) is 0 Å². The summed E-state index contributed by atoms with van der Waals surface area (Å²) in [6.07, 6.45) is 6.10. The Morgan fingerprint density at radius 2 is 1.88 bits per heavy atom. The van der Waals surface area contributed by atoms with Gasteiger partial charge in [-0.2, -0.15) is 0 Å². The number of piperazine rings is 1. The molecule has 2 saturated heterocycles. The van der Waals surface area contributed by atoms with Crippen molar-refractivity contribution in [3.63, 3.8) is 0 Å². The van der Waals surface area contributed by atoms with Crippen LogP contribution in [-0.2, 0) is 0 Å². The topological polar surface area (TPSA) is 22.6 Å². The number of aromatic nitrogens is 1. The minimum atomic E-state index is 0.754. The molecular weight excluding hydrogens is 308 g/mol. The molecular formula is C21H30N4. The lowest BCUT2D eigenvalue weighted by molar-refractivity contribution is 0.125. The summed E-state index contributed by atoms with van der Waals surface area (Å²) in [4.78, 5) is 12.4. The first-order valence-corrected chi connectivity index (χ1v) is 9.74. The van der Waals surface area contributed by atoms with Crippen LogP contribution in [0.15, 0.2) is 30.5 Å². The molecule has 2 aliphatic heterocycles. The second-order valence-electron chi connectivity index (χ2n) is 7.72. The Bertz CT molecular complexity index is 721. The molecule has 2 aromatic rings. The number of rotatable bonds is 3. The van der Waals surface area contributed by atoms with Crippen LogP contribution in [0.4, 0.5) is 5.69 Å². The summed E-state index contributed by atoms with van der Waals surface area (Å²) in [7, 11) is 2.30. The smallest absolute Gasteiger partial charge is 0.0751 e. The number of fused-ring (bicyclic) bond motifs is 1. The molecule has 1 unspecified atom stereocenters. The third kappa shape index (κ3) is 3.51. The molecule has 0 spiro atoms. The third-order valence-corrected chi connectivity index (χ3v) is 6.05. The van der Waals surface area contributed by atoms with Gasteiger partial charge in [0.2, 0.25) is 0 Å². The SMILES string of the molecule is Cc1cccc2c(N3CCN(CC4CCCCN4C)CC3)ccnc12. The van der Waals surface area contributed by atoms with Crippen LogP contribution in [0.2, 0.25) is 0 Å². The first kappa shape index (κ1) is 16.8. The van der Waals surface area contributed by atoms with Crippen molar-refractivity contribution in [2.75, 3.05) is 51.2 Å². The van der Waals surface area contributed by atoms with Gasteiger partial charge in [-0.3, -0.25) is 9.88 Å². The van der Waals surface area contributed by atoms with E-state index in [2.05, 4.69) is 57.9 Å². The molecule has 2 fully saturated rings. The fourth-order valence-corrected chi connectivity index (χ4v) is 4.43. The van der Waals surface area contributed by atoms with Crippen molar-refractivity contribution in [1.29, 1.82) is 0 Å². The Hall–Kier alpha value is -1.65. The van der Waals surface area contributed by atoms with Crippen molar-refractivity contribution in [2.24, 2.45) is 0 Å². The summed E-state index contributed by atoms with van der Waals surface area (Å²) in [5.74, 6) is 0. The van der Waals surface area contributed by atoms with E-state index in [-0.39, 0.29) is 0 Å². The predicted molar refractivity (Wildman–Crippen MR) is 105 cm³/mol. The maximum absolute atomic E-state index is 4.59. The summed E-state index contributed by atoms with van der Waals surface area (Å²) in [6, 6.07) is 9.46. The quantitative estimate of drug-likeness (QED) is 0.857. The van der Waals surface area contributed by atoms with Gasteiger partial charge in [-0.25, -0.2) is 0 Å². The van der Waals surface area contributed by atoms with E-state index in [9.17, 15) is 0 Å². The van der Waals surface area contributed by atoms with Gasteiger partial charge in [0, 0.05) is 56.0 Å². The van der Waals surface area contributed by atoms with E-state index in [1.54, 1.807) is 0 Å². The standard InChI is InChI=1S/C21H30N4/c1-17-6-5-8-19-20(9-10-22-21(17)19)25-14-12-24(13-15-25)16-18-7-3-4-11-23(18)2/h5-6,8-10,18H,3-4,7,11-16H2,1-2H3. The molecule has 0 saturated carbocycles. The van der Waals surface area contributed by atoms with E-state index >= 15 is 0 Å². The summed E-state index contributed by atoms with van der Waals surface area (Å²) < 4.78 is 0. The number of hydrogen-bond acceptors (Lipinski definition) is 4. The summed E-state index contributed by atoms with van der Waals surface area (Å²) in [5, 5.41) is 1.29. The van der Waals surface area contributed by atoms with Crippen molar-refractivity contribution in [3.05, 3.63) is 36.0 Å². The largest absolute Gasteiger partial charge is 0.368 e. The molecule has 134 valence electrons. The van der Waals surface area contributed by atoms with Gasteiger partial charge >= 0.3 is 0 Å². The first-order valence-electron chi connectivity index (χ1n) is 9.74. The van der Waals surface area contributed by atoms with Crippen molar-refractivity contribution in [3.8, 4) is 0 Å². The van der Waals surface area contributed by atoms with Gasteiger partial charge < -0.3 is 9.80 Å². The fourth-order valence-electron chi connectivity index (χ4n) is 4.43. The number of likely N-dealkylation sites (tertiary alicyclic amines) is 1. The number of pyridine rings is 1. The number of para-hydroxylation sites is 1. The number of likely N-dealkylation sites (N-methyl/N-ethyl adjacent to an activating group) is 1. The fraction of sp³-hybridized carbons (Fsp3) is 0.571. The van der Waals surface area contributed by atoms with Gasteiger partial charge in [0.15, 0.2) is 0 Å². The third-order valence-electron chi connectivity index (χ3n) is 6.05. The van der Waals surface area contributed by atoms with Crippen LogP contribution in [0, 0.1) is 6.92 Å². The van der Waals surface area contributed by atoms with Gasteiger partial charge in [-0.1, -0.05) is 24.6 Å². The molecule has 0 amide bonds. The highest BCUT2D eigenvalue weighted by atomic mass is 15.3. The number of hydrogen-bond donors (Lipinski definition) is 0. The average Bonchev–Trinajstić information content (AvgIpc) is 2.64. The molecule has 0 N–H and O–H groups in total. The second-order valence-corrected chi connectivity index (χ2v) is 7.72. The van der Waals surface area contributed by atoms with E-state index in [4.69, 9.17) is 0 Å². The molecule has 4 rings (SSSR count). The predicted octanol–water partition coefficient (Wildman–Crippen LogP) is 3.15. The maximum Gasteiger partial charge on any atom is 0.0751 e. The van der Waals surface area contributed by atoms with Crippen LogP contribution in [-0.4, -0.2) is 67.1 Å². The van der Waals surface area contributed by atoms with Crippen LogP contribution in [0.1, 0.15) is 24.8 Å². The zero-order valence-corrected chi connectivity index (χ0v) is 15.6. The van der Waals surface area contributed by atoms with Crippen molar-refractivity contribution in [1.82, 2.24) is 14.8 Å². The number of benzene rings is 1. The minimum Gasteiger partial charge on any atom is -0.368 e. The monoisotopic (exact) mass is 338 g/mol. The molecule has 0 aliphatic carbocycles. The molecule has 4 nitrogen and oxygen atoms in total. The molecule has 0 radical (unpaired) electrons. The van der Waals surface area contributed by atoms with Crippen LogP contribution in [0.25, 0.3) is 10.9 Å². The highest BCUT2D eigenvalue weighted by Gasteiger charge is 2.24. The summed E-state index contributed by atoms with van der Waals surface area (Å²) >= 11 is 0. The molecule has 1 atom stereocenters. The lowest BCUT2D eigenvalue weighted by Crippen LogP contribution is -2.52. The molecule has 1 aromatic heterocycles. The highest BCUT2D eigenvalue weighted by Crippen LogP contribution is 2.28. The Labute approximate surface area is 151 Å². The van der Waals surface area contributed by atoms with Gasteiger partial charge in [-0.15, -0.1) is 0 Å². The summed E-state index contributed by atoms with van der Waals surface area (Å²) in [6.45, 7) is 9.22. The lowest BCUT2D eigenvalue weighted by atomic mass is 10.0. The minimum absolute atomic E-state index is 0.754. The van der Waals surface area contributed by atoms with Crippen LogP contribution >= 0.6 is 0 Å². The lowest BCUT2D eigenvalue weighted by Gasteiger charge is -2.41. The normalized spacial score (nSPS) is 23.3. The van der Waals surface area contributed by atoms with Crippen LogP contribution < -0.4 is 4.90 Å².